The molecule has 1 N–H and O–H groups in total. The van der Waals surface area contributed by atoms with E-state index in [9.17, 15) is 4.79 Å². The van der Waals surface area contributed by atoms with E-state index in [0.29, 0.717) is 17.0 Å². The van der Waals surface area contributed by atoms with Crippen molar-refractivity contribution in [2.24, 2.45) is 0 Å². The fraction of sp³-hybridized carbons (Fsp3) is 0.235. The van der Waals surface area contributed by atoms with Gasteiger partial charge in [0.25, 0.3) is 5.91 Å². The molecule has 0 saturated heterocycles. The zero-order valence-electron chi connectivity index (χ0n) is 12.6. The Morgan fingerprint density at radius 3 is 2.45 bits per heavy atom. The van der Waals surface area contributed by atoms with Crippen LogP contribution in [-0.2, 0) is 0 Å². The number of aryl methyl sites for hydroxylation is 1. The Morgan fingerprint density at radius 2 is 1.82 bits per heavy atom. The SMILES string of the molecule is Cc1ccccc1C(=O)Nc1cc(OC(C)C)c(Br)cc1Br. The lowest BCUT2D eigenvalue weighted by Crippen LogP contribution is -2.14. The van der Waals surface area contributed by atoms with E-state index >= 15 is 0 Å². The van der Waals surface area contributed by atoms with Crippen molar-refractivity contribution in [3.63, 3.8) is 0 Å². The van der Waals surface area contributed by atoms with Crippen molar-refractivity contribution in [1.29, 1.82) is 0 Å². The van der Waals surface area contributed by atoms with Crippen LogP contribution in [0.25, 0.3) is 0 Å². The summed E-state index contributed by atoms with van der Waals surface area (Å²) in [7, 11) is 0. The monoisotopic (exact) mass is 425 g/mol. The highest BCUT2D eigenvalue weighted by molar-refractivity contribution is 9.11. The Balaban J connectivity index is 2.29. The maximum atomic E-state index is 12.4. The molecule has 0 spiro atoms. The molecule has 2 aromatic carbocycles. The van der Waals surface area contributed by atoms with Crippen molar-refractivity contribution in [3.05, 3.63) is 56.5 Å². The molecule has 0 bridgehead atoms. The van der Waals surface area contributed by atoms with Gasteiger partial charge in [-0.25, -0.2) is 0 Å². The number of benzene rings is 2. The summed E-state index contributed by atoms with van der Waals surface area (Å²) in [6.45, 7) is 5.83. The van der Waals surface area contributed by atoms with Crippen molar-refractivity contribution < 1.29 is 9.53 Å². The molecule has 0 fully saturated rings. The topological polar surface area (TPSA) is 38.3 Å². The van der Waals surface area contributed by atoms with E-state index in [1.807, 2.05) is 57.2 Å². The number of carbonyl (C=O) groups is 1. The summed E-state index contributed by atoms with van der Waals surface area (Å²) < 4.78 is 7.36. The van der Waals surface area contributed by atoms with Crippen LogP contribution in [0.3, 0.4) is 0 Å². The van der Waals surface area contributed by atoms with E-state index in [0.717, 1.165) is 14.5 Å². The fourth-order valence-corrected chi connectivity index (χ4v) is 3.17. The van der Waals surface area contributed by atoms with E-state index < -0.39 is 0 Å². The number of amides is 1. The summed E-state index contributed by atoms with van der Waals surface area (Å²) in [5.41, 5.74) is 2.27. The lowest BCUT2D eigenvalue weighted by Gasteiger charge is -2.15. The molecule has 0 aliphatic carbocycles. The predicted molar refractivity (Wildman–Crippen MR) is 96.7 cm³/mol. The number of halogens is 2. The molecule has 116 valence electrons. The van der Waals surface area contributed by atoms with Gasteiger partial charge in [-0.3, -0.25) is 4.79 Å². The van der Waals surface area contributed by atoms with Gasteiger partial charge in [0.05, 0.1) is 16.3 Å². The highest BCUT2D eigenvalue weighted by Crippen LogP contribution is 2.35. The summed E-state index contributed by atoms with van der Waals surface area (Å²) in [6.07, 6.45) is 0.0531. The summed E-state index contributed by atoms with van der Waals surface area (Å²) in [5.74, 6) is 0.551. The first-order valence-electron chi connectivity index (χ1n) is 6.91. The van der Waals surface area contributed by atoms with E-state index in [1.54, 1.807) is 0 Å². The minimum absolute atomic E-state index is 0.0531. The third-order valence-electron chi connectivity index (χ3n) is 3.02. The first-order chi connectivity index (χ1) is 10.4. The number of hydrogen-bond acceptors (Lipinski definition) is 2. The van der Waals surface area contributed by atoms with Crippen molar-refractivity contribution >= 4 is 43.5 Å². The Labute approximate surface area is 147 Å². The molecule has 0 aliphatic heterocycles. The van der Waals surface area contributed by atoms with Crippen LogP contribution < -0.4 is 10.1 Å². The molecular weight excluding hydrogens is 410 g/mol. The van der Waals surface area contributed by atoms with Gasteiger partial charge >= 0.3 is 0 Å². The van der Waals surface area contributed by atoms with Gasteiger partial charge in [-0.1, -0.05) is 18.2 Å². The molecule has 2 aromatic rings. The van der Waals surface area contributed by atoms with Crippen LogP contribution >= 0.6 is 31.9 Å². The van der Waals surface area contributed by atoms with Crippen LogP contribution in [0.15, 0.2) is 45.3 Å². The Morgan fingerprint density at radius 1 is 1.14 bits per heavy atom. The number of hydrogen-bond donors (Lipinski definition) is 1. The molecule has 0 atom stereocenters. The average molecular weight is 427 g/mol. The zero-order chi connectivity index (χ0) is 16.3. The molecule has 5 heteroatoms. The predicted octanol–water partition coefficient (Wildman–Crippen LogP) is 5.56. The molecule has 2 rings (SSSR count). The zero-order valence-corrected chi connectivity index (χ0v) is 15.8. The molecule has 0 unspecified atom stereocenters. The minimum atomic E-state index is -0.142. The lowest BCUT2D eigenvalue weighted by molar-refractivity contribution is 0.102. The largest absolute Gasteiger partial charge is 0.490 e. The molecule has 0 heterocycles. The first kappa shape index (κ1) is 17.0. The smallest absolute Gasteiger partial charge is 0.255 e. The highest BCUT2D eigenvalue weighted by atomic mass is 79.9. The minimum Gasteiger partial charge on any atom is -0.490 e. The lowest BCUT2D eigenvalue weighted by atomic mass is 10.1. The van der Waals surface area contributed by atoms with Crippen LogP contribution in [-0.4, -0.2) is 12.0 Å². The van der Waals surface area contributed by atoms with Crippen LogP contribution in [0.5, 0.6) is 5.75 Å². The normalized spacial score (nSPS) is 10.6. The molecule has 0 saturated carbocycles. The number of anilines is 1. The fourth-order valence-electron chi connectivity index (χ4n) is 1.99. The quantitative estimate of drug-likeness (QED) is 0.694. The van der Waals surface area contributed by atoms with Crippen molar-refractivity contribution in [2.75, 3.05) is 5.32 Å². The van der Waals surface area contributed by atoms with Crippen LogP contribution in [0.2, 0.25) is 0 Å². The molecule has 1 amide bonds. The number of ether oxygens (including phenoxy) is 1. The van der Waals surface area contributed by atoms with E-state index in [2.05, 4.69) is 37.2 Å². The van der Waals surface area contributed by atoms with Crippen molar-refractivity contribution in [1.82, 2.24) is 0 Å². The van der Waals surface area contributed by atoms with Crippen molar-refractivity contribution in [2.45, 2.75) is 26.9 Å². The first-order valence-corrected chi connectivity index (χ1v) is 8.49. The average Bonchev–Trinajstić information content (AvgIpc) is 2.44. The molecule has 3 nitrogen and oxygen atoms in total. The third-order valence-corrected chi connectivity index (χ3v) is 4.30. The molecule has 0 aromatic heterocycles. The van der Waals surface area contributed by atoms with E-state index in [1.165, 1.54) is 0 Å². The van der Waals surface area contributed by atoms with Gasteiger partial charge in [0, 0.05) is 16.1 Å². The molecular formula is C17H17Br2NO2. The van der Waals surface area contributed by atoms with Crippen LogP contribution in [0.1, 0.15) is 29.8 Å². The Hall–Kier alpha value is -1.33. The van der Waals surface area contributed by atoms with E-state index in [4.69, 9.17) is 4.74 Å². The second-order valence-corrected chi connectivity index (χ2v) is 6.91. The molecule has 0 radical (unpaired) electrons. The number of nitrogens with one attached hydrogen (secondary N) is 1. The van der Waals surface area contributed by atoms with Gasteiger partial charge in [0.2, 0.25) is 0 Å². The van der Waals surface area contributed by atoms with Gasteiger partial charge in [0.1, 0.15) is 5.75 Å². The molecule has 22 heavy (non-hydrogen) atoms. The second-order valence-electron chi connectivity index (χ2n) is 5.20. The Kier molecular flexibility index (Phi) is 5.64. The summed E-state index contributed by atoms with van der Waals surface area (Å²) >= 11 is 6.93. The van der Waals surface area contributed by atoms with Gasteiger partial charge in [-0.15, -0.1) is 0 Å². The van der Waals surface area contributed by atoms with Gasteiger partial charge in [-0.2, -0.15) is 0 Å². The van der Waals surface area contributed by atoms with Crippen LogP contribution in [0.4, 0.5) is 5.69 Å². The summed E-state index contributed by atoms with van der Waals surface area (Å²) in [6, 6.07) is 11.2. The van der Waals surface area contributed by atoms with Crippen molar-refractivity contribution in [3.8, 4) is 5.75 Å². The summed E-state index contributed by atoms with van der Waals surface area (Å²) in [4.78, 5) is 12.4. The Bertz CT molecular complexity index is 699. The second kappa shape index (κ2) is 7.29. The highest BCUT2D eigenvalue weighted by Gasteiger charge is 2.14. The molecule has 0 aliphatic rings. The maximum absolute atomic E-state index is 12.4. The van der Waals surface area contributed by atoms with Gasteiger partial charge < -0.3 is 10.1 Å². The number of carbonyl (C=O) groups excluding carboxylic acids is 1. The standard InChI is InChI=1S/C17H17Br2NO2/c1-10(2)22-16-9-15(13(18)8-14(16)19)20-17(21)12-7-5-4-6-11(12)3/h4-10H,1-3H3,(H,20,21). The van der Waals surface area contributed by atoms with Gasteiger partial charge in [-0.05, 0) is 70.3 Å². The number of rotatable bonds is 4. The third kappa shape index (κ3) is 4.11. The van der Waals surface area contributed by atoms with Gasteiger partial charge in [0.15, 0.2) is 0 Å². The van der Waals surface area contributed by atoms with E-state index in [-0.39, 0.29) is 12.0 Å². The van der Waals surface area contributed by atoms with Crippen LogP contribution in [0, 0.1) is 6.92 Å². The summed E-state index contributed by atoms with van der Waals surface area (Å²) in [5, 5.41) is 2.92. The maximum Gasteiger partial charge on any atom is 0.255 e.